The smallest absolute Gasteiger partial charge is 0.249 e. The van der Waals surface area contributed by atoms with Crippen molar-refractivity contribution in [2.24, 2.45) is 11.8 Å². The zero-order chi connectivity index (χ0) is 24.0. The van der Waals surface area contributed by atoms with Gasteiger partial charge in [0.1, 0.15) is 11.6 Å². The average Bonchev–Trinajstić information content (AvgIpc) is 3.07. The minimum Gasteiger partial charge on any atom is -0.396 e. The van der Waals surface area contributed by atoms with E-state index >= 15 is 0 Å². The van der Waals surface area contributed by atoms with Crippen molar-refractivity contribution in [1.29, 1.82) is 0 Å². The summed E-state index contributed by atoms with van der Waals surface area (Å²) in [6.45, 7) is 9.63. The lowest BCUT2D eigenvalue weighted by molar-refractivity contribution is -0.155. The Kier molecular flexibility index (Phi) is 6.44. The first-order valence-corrected chi connectivity index (χ1v) is 12.3. The van der Waals surface area contributed by atoms with Gasteiger partial charge in [0, 0.05) is 38.8 Å². The predicted octanol–water partition coefficient (Wildman–Crippen LogP) is 1.35. The number of amides is 3. The van der Waals surface area contributed by atoms with E-state index in [2.05, 4.69) is 0 Å². The van der Waals surface area contributed by atoms with Crippen molar-refractivity contribution in [3.8, 4) is 0 Å². The molecule has 33 heavy (non-hydrogen) atoms. The van der Waals surface area contributed by atoms with Crippen LogP contribution in [0.4, 0.5) is 0 Å². The molecule has 0 aromatic carbocycles. The molecule has 182 valence electrons. The Morgan fingerprint density at radius 3 is 2.39 bits per heavy atom. The molecule has 4 aliphatic heterocycles. The van der Waals surface area contributed by atoms with Gasteiger partial charge in [-0.15, -0.1) is 0 Å². The molecule has 1 unspecified atom stereocenters. The van der Waals surface area contributed by atoms with Crippen LogP contribution in [0.2, 0.25) is 0 Å². The third-order valence-corrected chi connectivity index (χ3v) is 7.73. The maximum absolute atomic E-state index is 14.0. The quantitative estimate of drug-likeness (QED) is 0.581. The van der Waals surface area contributed by atoms with Gasteiger partial charge in [0.05, 0.1) is 17.4 Å². The molecule has 0 bridgehead atoms. The fraction of sp³-hybridized carbons (Fsp3) is 0.720. The second-order valence-electron chi connectivity index (χ2n) is 9.90. The van der Waals surface area contributed by atoms with Gasteiger partial charge in [0.15, 0.2) is 0 Å². The van der Waals surface area contributed by atoms with E-state index in [1.807, 2.05) is 56.9 Å². The lowest BCUT2D eigenvalue weighted by Gasteiger charge is -2.39. The molecule has 2 saturated heterocycles. The van der Waals surface area contributed by atoms with Crippen LogP contribution in [0.15, 0.2) is 24.3 Å². The Bertz CT molecular complexity index is 870. The zero-order valence-electron chi connectivity index (χ0n) is 20.2. The van der Waals surface area contributed by atoms with Crippen molar-refractivity contribution in [2.75, 3.05) is 32.8 Å². The molecule has 4 heterocycles. The Hall–Kier alpha value is -2.19. The molecule has 4 aliphatic rings. The number of hydrogen-bond donors (Lipinski definition) is 1. The standard InChI is InChI=1S/C25H37N3O5/c1-5-12-26-13-7-10-24(6-2)18(21(26)30)19-22(31)28(15-9-16-29)20-23(32)27(17(3)4)14-8-11-25(19,20)33-24/h7-8,10-11,17-20,29H,5-6,9,12-16H2,1-4H3/t18-,19-,20?,24+,25-/m0/s1. The molecule has 0 aliphatic carbocycles. The Balaban J connectivity index is 1.88. The minimum atomic E-state index is -1.21. The molecule has 4 rings (SSSR count). The lowest BCUT2D eigenvalue weighted by atomic mass is 9.73. The SMILES string of the molecule is CCCN1CC=C[C@@]2(CC)O[C@]34C=CCN(C(C)C)C(=O)C3N(CCCO)C(=O)[C@@H]4[C@H]2C1=O. The monoisotopic (exact) mass is 459 g/mol. The van der Waals surface area contributed by atoms with Gasteiger partial charge in [0.25, 0.3) is 0 Å². The summed E-state index contributed by atoms with van der Waals surface area (Å²) in [5, 5.41) is 9.46. The summed E-state index contributed by atoms with van der Waals surface area (Å²) < 4.78 is 6.86. The van der Waals surface area contributed by atoms with Crippen LogP contribution in [-0.4, -0.2) is 93.6 Å². The summed E-state index contributed by atoms with van der Waals surface area (Å²) in [6, 6.07) is -0.890. The first-order valence-electron chi connectivity index (χ1n) is 12.3. The second kappa shape index (κ2) is 8.87. The van der Waals surface area contributed by atoms with Gasteiger partial charge < -0.3 is 24.5 Å². The van der Waals surface area contributed by atoms with Crippen molar-refractivity contribution >= 4 is 17.7 Å². The van der Waals surface area contributed by atoms with Crippen molar-refractivity contribution in [1.82, 2.24) is 14.7 Å². The molecule has 1 N–H and O–H groups in total. The van der Waals surface area contributed by atoms with Gasteiger partial charge in [-0.05, 0) is 33.1 Å². The van der Waals surface area contributed by atoms with Crippen LogP contribution < -0.4 is 0 Å². The fourth-order valence-electron chi connectivity index (χ4n) is 6.24. The van der Waals surface area contributed by atoms with E-state index < -0.39 is 29.1 Å². The number of fused-ring (bicyclic) bond motifs is 2. The van der Waals surface area contributed by atoms with Crippen LogP contribution in [0.3, 0.4) is 0 Å². The van der Waals surface area contributed by atoms with Gasteiger partial charge in [-0.3, -0.25) is 14.4 Å². The van der Waals surface area contributed by atoms with E-state index in [0.717, 1.165) is 6.42 Å². The number of likely N-dealkylation sites (tertiary alicyclic amines) is 1. The Labute approximate surface area is 196 Å². The van der Waals surface area contributed by atoms with Gasteiger partial charge in [0.2, 0.25) is 17.7 Å². The van der Waals surface area contributed by atoms with Crippen LogP contribution >= 0.6 is 0 Å². The van der Waals surface area contributed by atoms with E-state index in [0.29, 0.717) is 32.5 Å². The molecule has 0 aromatic rings. The number of aliphatic hydroxyl groups excluding tert-OH is 1. The molecule has 0 saturated carbocycles. The van der Waals surface area contributed by atoms with Crippen LogP contribution in [0, 0.1) is 11.8 Å². The largest absolute Gasteiger partial charge is 0.396 e. The van der Waals surface area contributed by atoms with Crippen molar-refractivity contribution in [3.05, 3.63) is 24.3 Å². The average molecular weight is 460 g/mol. The molecule has 0 radical (unpaired) electrons. The summed E-state index contributed by atoms with van der Waals surface area (Å²) >= 11 is 0. The van der Waals surface area contributed by atoms with Crippen LogP contribution in [0.5, 0.6) is 0 Å². The molecule has 0 aromatic heterocycles. The number of carbonyl (C=O) groups is 3. The van der Waals surface area contributed by atoms with E-state index in [1.54, 1.807) is 9.80 Å². The molecule has 8 heteroatoms. The number of rotatable bonds is 7. The predicted molar refractivity (Wildman–Crippen MR) is 123 cm³/mol. The normalized spacial score (nSPS) is 35.8. The third kappa shape index (κ3) is 3.44. The molecule has 1 spiro atoms. The summed E-state index contributed by atoms with van der Waals surface area (Å²) in [5.41, 5.74) is -2.14. The Morgan fingerprint density at radius 1 is 1.03 bits per heavy atom. The summed E-state index contributed by atoms with van der Waals surface area (Å²) in [5.74, 6) is -1.92. The van der Waals surface area contributed by atoms with Gasteiger partial charge in [-0.1, -0.05) is 38.2 Å². The summed E-state index contributed by atoms with van der Waals surface area (Å²) in [6.07, 6.45) is 9.46. The topological polar surface area (TPSA) is 90.4 Å². The minimum absolute atomic E-state index is 0.0419. The Morgan fingerprint density at radius 2 is 1.76 bits per heavy atom. The molecule has 3 amide bonds. The highest BCUT2D eigenvalue weighted by molar-refractivity contribution is 6.00. The van der Waals surface area contributed by atoms with Gasteiger partial charge in [-0.25, -0.2) is 0 Å². The summed E-state index contributed by atoms with van der Waals surface area (Å²) in [7, 11) is 0. The molecule has 2 fully saturated rings. The molecule has 5 atom stereocenters. The van der Waals surface area contributed by atoms with Crippen molar-refractivity contribution < 1.29 is 24.2 Å². The maximum Gasteiger partial charge on any atom is 0.249 e. The molecular formula is C25H37N3O5. The highest BCUT2D eigenvalue weighted by atomic mass is 16.5. The number of hydrogen-bond acceptors (Lipinski definition) is 5. The number of aliphatic hydroxyl groups is 1. The van der Waals surface area contributed by atoms with Crippen LogP contribution in [-0.2, 0) is 19.1 Å². The second-order valence-corrected chi connectivity index (χ2v) is 9.90. The number of nitrogens with zero attached hydrogens (tertiary/aromatic N) is 3. The van der Waals surface area contributed by atoms with Gasteiger partial charge >= 0.3 is 0 Å². The number of ether oxygens (including phenoxy) is 1. The first-order chi connectivity index (χ1) is 15.8. The number of carbonyl (C=O) groups excluding carboxylic acids is 3. The molecule has 8 nitrogen and oxygen atoms in total. The van der Waals surface area contributed by atoms with E-state index in [1.165, 1.54) is 0 Å². The fourth-order valence-corrected chi connectivity index (χ4v) is 6.24. The highest BCUT2D eigenvalue weighted by Gasteiger charge is 2.75. The van der Waals surface area contributed by atoms with Crippen LogP contribution in [0.1, 0.15) is 47.0 Å². The van der Waals surface area contributed by atoms with Gasteiger partial charge in [-0.2, -0.15) is 0 Å². The van der Waals surface area contributed by atoms with E-state index in [9.17, 15) is 19.5 Å². The lowest BCUT2D eigenvalue weighted by Crippen LogP contribution is -2.57. The van der Waals surface area contributed by atoms with Crippen molar-refractivity contribution in [2.45, 2.75) is 70.2 Å². The maximum atomic E-state index is 14.0. The highest BCUT2D eigenvalue weighted by Crippen LogP contribution is 2.58. The molecular weight excluding hydrogens is 422 g/mol. The summed E-state index contributed by atoms with van der Waals surface area (Å²) in [4.78, 5) is 46.9. The van der Waals surface area contributed by atoms with Crippen molar-refractivity contribution in [3.63, 3.8) is 0 Å². The zero-order valence-corrected chi connectivity index (χ0v) is 20.2. The van der Waals surface area contributed by atoms with E-state index in [-0.39, 0.29) is 36.9 Å². The third-order valence-electron chi connectivity index (χ3n) is 7.73. The van der Waals surface area contributed by atoms with Crippen LogP contribution in [0.25, 0.3) is 0 Å². The van der Waals surface area contributed by atoms with E-state index in [4.69, 9.17) is 4.74 Å². The first kappa shape index (κ1) is 24.0.